The number of hydrazone groups is 1. The number of hydrogen-bond donors (Lipinski definition) is 1. The van der Waals surface area contributed by atoms with Crippen LogP contribution in [0.5, 0.6) is 0 Å². The van der Waals surface area contributed by atoms with Crippen molar-refractivity contribution in [2.24, 2.45) is 16.0 Å². The number of nitrogens with zero attached hydrogens (tertiary/aromatic N) is 3. The molecule has 1 aromatic rings. The summed E-state index contributed by atoms with van der Waals surface area (Å²) in [6.07, 6.45) is 16.9. The van der Waals surface area contributed by atoms with Crippen LogP contribution in [0.4, 0.5) is 10.1 Å². The van der Waals surface area contributed by atoms with Crippen LogP contribution in [0.1, 0.15) is 98.5 Å². The van der Waals surface area contributed by atoms with Gasteiger partial charge in [0.15, 0.2) is 0 Å². The minimum atomic E-state index is -0.234. The van der Waals surface area contributed by atoms with E-state index in [0.29, 0.717) is 10.6 Å². The molecule has 0 aromatic heterocycles. The molecule has 1 unspecified atom stereocenters. The second kappa shape index (κ2) is 26.4. The molecule has 1 aliphatic heterocycles. The van der Waals surface area contributed by atoms with Crippen molar-refractivity contribution in [3.63, 3.8) is 0 Å². The van der Waals surface area contributed by atoms with Crippen LogP contribution in [0.2, 0.25) is 0 Å². The van der Waals surface area contributed by atoms with Gasteiger partial charge in [-0.05, 0) is 49.6 Å². The van der Waals surface area contributed by atoms with Gasteiger partial charge in [-0.3, -0.25) is 21.8 Å². The summed E-state index contributed by atoms with van der Waals surface area (Å²) in [6, 6.07) is 5.16. The Balaban J connectivity index is 0. The number of nitrogens with one attached hydrogen (secondary N) is 1. The zero-order valence-electron chi connectivity index (χ0n) is 26.2. The molecule has 0 fully saturated rings. The molecule has 1 atom stereocenters. The van der Waals surface area contributed by atoms with Crippen molar-refractivity contribution >= 4 is 45.9 Å². The van der Waals surface area contributed by atoms with Gasteiger partial charge in [-0.15, -0.1) is 0 Å². The van der Waals surface area contributed by atoms with Gasteiger partial charge in [0.05, 0.1) is 10.1 Å². The second-order valence-electron chi connectivity index (χ2n) is 9.34. The summed E-state index contributed by atoms with van der Waals surface area (Å²) in [6.45, 7) is 20.2. The Morgan fingerprint density at radius 2 is 1.95 bits per heavy atom. The van der Waals surface area contributed by atoms with E-state index in [-0.39, 0.29) is 36.9 Å². The SMILES string of the molecule is C=C/C(Cl)=C\N=C(C)CC.C=C1S[C-]=NN1/C=C(\CCC)c1ccc(NC)cc1F.C[CH-]C(CCC)CCCC.[U+2]. The summed E-state index contributed by atoms with van der Waals surface area (Å²) < 4.78 is 14.2. The minimum Gasteiger partial charge on any atom is -0.388 e. The van der Waals surface area contributed by atoms with E-state index in [1.165, 1.54) is 49.9 Å². The molecule has 0 saturated carbocycles. The van der Waals surface area contributed by atoms with Gasteiger partial charge in [-0.25, -0.2) is 4.39 Å². The Bertz CT molecular complexity index is 1010. The van der Waals surface area contributed by atoms with E-state index in [1.54, 1.807) is 30.4 Å². The standard InChI is InChI=1S/C15H17FN3S.C10H21.C8H12ClN.U/c1-4-5-12(9-19-11(2)20-10-18-19)14-7-6-13(17-3)8-15(14)16;1-4-7-9-10(6-3)8-5-2;1-4-7(3)10-6-8(9)5-2;/h6-9,17H,2,4-5H2,1,3H3;6,10H,4-5,7-9H2,1-3H3;5-6H,2,4H2,1,3H3;/q2*-1;;+2/b12-9+;;8-6+,10-7?;. The smallest absolute Gasteiger partial charge is 0.388 e. The maximum absolute atomic E-state index is 14.2. The van der Waals surface area contributed by atoms with E-state index < -0.39 is 0 Å². The van der Waals surface area contributed by atoms with E-state index in [9.17, 15) is 4.39 Å². The van der Waals surface area contributed by atoms with Crippen molar-refractivity contribution in [3.8, 4) is 0 Å². The van der Waals surface area contributed by atoms with Crippen LogP contribution >= 0.6 is 23.4 Å². The van der Waals surface area contributed by atoms with E-state index in [0.717, 1.165) is 47.2 Å². The Kier molecular flexibility index (Phi) is 26.9. The zero-order chi connectivity index (χ0) is 30.3. The van der Waals surface area contributed by atoms with Crippen molar-refractivity contribution in [1.29, 1.82) is 0 Å². The molecule has 4 nitrogen and oxygen atoms in total. The summed E-state index contributed by atoms with van der Waals surface area (Å²) in [4.78, 5) is 4.06. The van der Waals surface area contributed by atoms with Gasteiger partial charge < -0.3 is 22.4 Å². The number of thioether (sulfide) groups is 1. The normalized spacial score (nSPS) is 13.9. The summed E-state index contributed by atoms with van der Waals surface area (Å²) in [5.74, 6) is 0.659. The summed E-state index contributed by atoms with van der Waals surface area (Å²) >= 11 is 6.94. The molecule has 226 valence electrons. The molecule has 0 radical (unpaired) electrons. The molecule has 1 aromatic carbocycles. The summed E-state index contributed by atoms with van der Waals surface area (Å²) in [5.41, 5.74) is 6.11. The molecule has 1 heterocycles. The first-order valence-electron chi connectivity index (χ1n) is 14.3. The quantitative estimate of drug-likeness (QED) is 0.115. The monoisotopic (exact) mass is 826 g/mol. The fourth-order valence-corrected chi connectivity index (χ4v) is 4.04. The van der Waals surface area contributed by atoms with Crippen LogP contribution < -0.4 is 5.32 Å². The number of aliphatic imine (C=N–C) groups is 1. The number of unbranched alkanes of at least 4 members (excludes halogenated alkanes) is 1. The van der Waals surface area contributed by atoms with Gasteiger partial charge in [-0.2, -0.15) is 12.8 Å². The topological polar surface area (TPSA) is 40.0 Å². The Morgan fingerprint density at radius 3 is 2.41 bits per heavy atom. The molecule has 0 bridgehead atoms. The number of anilines is 1. The molecular weight excluding hydrogens is 777 g/mol. The third-order valence-electron chi connectivity index (χ3n) is 6.14. The Morgan fingerprint density at radius 1 is 1.24 bits per heavy atom. The second-order valence-corrected chi connectivity index (χ2v) is 10.6. The van der Waals surface area contributed by atoms with Crippen molar-refractivity contribution < 1.29 is 35.5 Å². The van der Waals surface area contributed by atoms with Gasteiger partial charge in [0, 0.05) is 36.4 Å². The molecule has 2 rings (SSSR count). The van der Waals surface area contributed by atoms with Gasteiger partial charge in [0.25, 0.3) is 0 Å². The van der Waals surface area contributed by atoms with Crippen LogP contribution in [0.3, 0.4) is 0 Å². The van der Waals surface area contributed by atoms with Crippen molar-refractivity contribution in [3.05, 3.63) is 77.7 Å². The molecule has 1 N–H and O–H groups in total. The molecule has 0 aliphatic carbocycles. The van der Waals surface area contributed by atoms with E-state index >= 15 is 0 Å². The average Bonchev–Trinajstić information content (AvgIpc) is 3.37. The van der Waals surface area contributed by atoms with Crippen molar-refractivity contribution in [1.82, 2.24) is 5.01 Å². The third-order valence-corrected chi connectivity index (χ3v) is 6.99. The first kappa shape index (κ1) is 41.9. The minimum absolute atomic E-state index is 0. The number of hydrogen-bond acceptors (Lipinski definition) is 5. The molecular formula is C33H50ClFN4SU. The third kappa shape index (κ3) is 18.8. The van der Waals surface area contributed by atoms with Gasteiger partial charge >= 0.3 is 31.1 Å². The summed E-state index contributed by atoms with van der Waals surface area (Å²) in [5, 5.41) is 9.98. The number of halogens is 2. The molecule has 41 heavy (non-hydrogen) atoms. The van der Waals surface area contributed by atoms with E-state index in [4.69, 9.17) is 11.6 Å². The first-order valence-corrected chi connectivity index (χ1v) is 15.5. The molecule has 1 aliphatic rings. The first-order chi connectivity index (χ1) is 19.2. The molecule has 8 heteroatoms. The van der Waals surface area contributed by atoms with Crippen LogP contribution in [-0.2, 0) is 0 Å². The Labute approximate surface area is 283 Å². The van der Waals surface area contributed by atoms with Gasteiger partial charge in [0.1, 0.15) is 5.82 Å². The van der Waals surface area contributed by atoms with Crippen LogP contribution in [-0.4, -0.2) is 23.3 Å². The maximum Gasteiger partial charge on any atom is 2.00 e. The molecule has 0 amide bonds. The van der Waals surface area contributed by atoms with Crippen molar-refractivity contribution in [2.75, 3.05) is 12.4 Å². The number of benzene rings is 1. The Hall–Kier alpha value is -1.26. The predicted molar refractivity (Wildman–Crippen MR) is 180 cm³/mol. The number of rotatable bonds is 14. The maximum atomic E-state index is 14.2. The predicted octanol–water partition coefficient (Wildman–Crippen LogP) is 11.3. The van der Waals surface area contributed by atoms with Crippen molar-refractivity contribution in [2.45, 2.75) is 92.9 Å². The largest absolute Gasteiger partial charge is 2.00 e. The molecule has 0 saturated heterocycles. The van der Waals surface area contributed by atoms with Crippen LogP contribution in [0, 0.1) is 49.3 Å². The summed E-state index contributed by atoms with van der Waals surface area (Å²) in [7, 11) is 1.77. The van der Waals surface area contributed by atoms with Crippen LogP contribution in [0.15, 0.2) is 70.0 Å². The van der Waals surface area contributed by atoms with Gasteiger partial charge in [-0.1, -0.05) is 91.0 Å². The van der Waals surface area contributed by atoms with Crippen LogP contribution in [0.25, 0.3) is 5.57 Å². The zero-order valence-corrected chi connectivity index (χ0v) is 31.9. The molecule has 0 spiro atoms. The fraction of sp³-hybridized carbons (Fsp3) is 0.485. The average molecular weight is 827 g/mol. The fourth-order valence-electron chi connectivity index (χ4n) is 3.57. The van der Waals surface area contributed by atoms with E-state index in [2.05, 4.69) is 75.2 Å². The number of allylic oxidation sites excluding steroid dienone is 3. The van der Waals surface area contributed by atoms with E-state index in [1.807, 2.05) is 19.2 Å². The van der Waals surface area contributed by atoms with Gasteiger partial charge in [0.2, 0.25) is 0 Å².